The zero-order valence-corrected chi connectivity index (χ0v) is 16.8. The van der Waals surface area contributed by atoms with Gasteiger partial charge in [-0.3, -0.25) is 4.90 Å². The third-order valence-corrected chi connectivity index (χ3v) is 6.59. The molecule has 8 nitrogen and oxygen atoms in total. The van der Waals surface area contributed by atoms with Crippen molar-refractivity contribution in [3.05, 3.63) is 42.5 Å². The van der Waals surface area contributed by atoms with Crippen LogP contribution in [0.25, 0.3) is 0 Å². The Morgan fingerprint density at radius 3 is 2.67 bits per heavy atom. The number of imidazole rings is 1. The second-order valence-corrected chi connectivity index (χ2v) is 8.91. The molecule has 0 bridgehead atoms. The second kappa shape index (κ2) is 8.39. The first kappa shape index (κ1) is 19.8. The van der Waals surface area contributed by atoms with Crippen LogP contribution in [0.1, 0.15) is 11.9 Å². The van der Waals surface area contributed by atoms with E-state index in [4.69, 9.17) is 4.74 Å². The van der Waals surface area contributed by atoms with Gasteiger partial charge < -0.3 is 14.6 Å². The van der Waals surface area contributed by atoms with Crippen molar-refractivity contribution in [2.75, 3.05) is 46.9 Å². The van der Waals surface area contributed by atoms with E-state index in [0.717, 1.165) is 32.0 Å². The minimum Gasteiger partial charge on any atom is -0.492 e. The number of sulfonamides is 1. The maximum Gasteiger partial charge on any atom is 0.242 e. The average molecular weight is 394 g/mol. The fourth-order valence-electron chi connectivity index (χ4n) is 3.17. The van der Waals surface area contributed by atoms with Gasteiger partial charge in [0, 0.05) is 59.7 Å². The summed E-state index contributed by atoms with van der Waals surface area (Å²) >= 11 is 0. The first-order valence-corrected chi connectivity index (χ1v) is 10.4. The molecule has 2 aromatic rings. The van der Waals surface area contributed by atoms with Crippen molar-refractivity contribution >= 4 is 10.0 Å². The monoisotopic (exact) mass is 393 g/mol. The molecule has 9 heteroatoms. The molecule has 0 amide bonds. The van der Waals surface area contributed by atoms with Gasteiger partial charge in [-0.05, 0) is 24.3 Å². The van der Waals surface area contributed by atoms with Crippen LogP contribution in [0.15, 0.2) is 41.6 Å². The summed E-state index contributed by atoms with van der Waals surface area (Å²) in [5.41, 5.74) is 0. The lowest BCUT2D eigenvalue weighted by Crippen LogP contribution is -2.48. The van der Waals surface area contributed by atoms with Crippen molar-refractivity contribution in [1.82, 2.24) is 24.1 Å². The number of aromatic nitrogens is 2. The Balaban J connectivity index is 1.58. The van der Waals surface area contributed by atoms with Crippen LogP contribution in [0.4, 0.5) is 0 Å². The maximum absolute atomic E-state index is 12.1. The van der Waals surface area contributed by atoms with Gasteiger partial charge in [0.1, 0.15) is 18.2 Å². The molecule has 1 fully saturated rings. The van der Waals surface area contributed by atoms with Crippen molar-refractivity contribution in [3.8, 4) is 5.75 Å². The highest BCUT2D eigenvalue weighted by atomic mass is 32.2. The van der Waals surface area contributed by atoms with E-state index >= 15 is 0 Å². The highest BCUT2D eigenvalue weighted by Crippen LogP contribution is 2.21. The molecule has 1 saturated heterocycles. The van der Waals surface area contributed by atoms with E-state index in [-0.39, 0.29) is 10.9 Å². The third-order valence-electron chi connectivity index (χ3n) is 4.76. The summed E-state index contributed by atoms with van der Waals surface area (Å²) in [4.78, 5) is 7.11. The van der Waals surface area contributed by atoms with Crippen LogP contribution < -0.4 is 10.1 Å². The van der Waals surface area contributed by atoms with E-state index in [2.05, 4.69) is 19.8 Å². The van der Waals surface area contributed by atoms with Crippen molar-refractivity contribution in [2.45, 2.75) is 10.9 Å². The number of aryl methyl sites for hydroxylation is 1. The Kier molecular flexibility index (Phi) is 6.15. The number of rotatable bonds is 7. The van der Waals surface area contributed by atoms with Crippen LogP contribution in [0, 0.1) is 0 Å². The molecule has 148 valence electrons. The largest absolute Gasteiger partial charge is 0.492 e. The van der Waals surface area contributed by atoms with Crippen LogP contribution in [0.3, 0.4) is 0 Å². The number of piperazine rings is 1. The number of hydrogen-bond donors (Lipinski definition) is 1. The summed E-state index contributed by atoms with van der Waals surface area (Å²) in [7, 11) is 1.63. The zero-order chi connectivity index (χ0) is 19.4. The SMILES string of the molecule is CN(C)S(=O)(=O)c1ccc(OCCN2CCNCC2c2nccn2C)cc1. The third kappa shape index (κ3) is 4.49. The molecule has 0 saturated carbocycles. The van der Waals surface area contributed by atoms with E-state index in [0.29, 0.717) is 12.4 Å². The van der Waals surface area contributed by atoms with Crippen LogP contribution in [0.2, 0.25) is 0 Å². The molecule has 1 unspecified atom stereocenters. The van der Waals surface area contributed by atoms with Gasteiger partial charge in [-0.1, -0.05) is 0 Å². The molecule has 2 heterocycles. The number of nitrogens with zero attached hydrogens (tertiary/aromatic N) is 4. The Bertz CT molecular complexity index is 848. The van der Waals surface area contributed by atoms with Crippen molar-refractivity contribution in [3.63, 3.8) is 0 Å². The smallest absolute Gasteiger partial charge is 0.242 e. The van der Waals surface area contributed by atoms with Gasteiger partial charge in [-0.15, -0.1) is 0 Å². The molecule has 3 rings (SSSR count). The number of hydrogen-bond acceptors (Lipinski definition) is 6. The summed E-state index contributed by atoms with van der Waals surface area (Å²) in [5, 5.41) is 3.42. The first-order valence-electron chi connectivity index (χ1n) is 8.97. The van der Waals surface area contributed by atoms with Gasteiger partial charge in [0.25, 0.3) is 0 Å². The predicted octanol–water partition coefficient (Wildman–Crippen LogP) is 0.696. The molecule has 0 radical (unpaired) electrons. The first-order chi connectivity index (χ1) is 12.9. The van der Waals surface area contributed by atoms with Crippen LogP contribution in [-0.4, -0.2) is 74.1 Å². The molecule has 1 atom stereocenters. The molecule has 1 aromatic heterocycles. The normalized spacial score (nSPS) is 18.7. The Labute approximate surface area is 160 Å². The van der Waals surface area contributed by atoms with Gasteiger partial charge >= 0.3 is 0 Å². The van der Waals surface area contributed by atoms with Gasteiger partial charge in [0.2, 0.25) is 10.0 Å². The van der Waals surface area contributed by atoms with E-state index in [1.807, 2.05) is 19.4 Å². The molecule has 0 aliphatic carbocycles. The zero-order valence-electron chi connectivity index (χ0n) is 16.0. The summed E-state index contributed by atoms with van der Waals surface area (Å²) in [6.45, 7) is 4.04. The van der Waals surface area contributed by atoms with Gasteiger partial charge in [0.15, 0.2) is 0 Å². The Hall–Kier alpha value is -1.94. The van der Waals surface area contributed by atoms with E-state index in [1.165, 1.54) is 18.4 Å². The minimum atomic E-state index is -3.41. The van der Waals surface area contributed by atoms with Crippen LogP contribution in [0.5, 0.6) is 5.75 Å². The highest BCUT2D eigenvalue weighted by Gasteiger charge is 2.26. The summed E-state index contributed by atoms with van der Waals surface area (Å²) in [5.74, 6) is 1.71. The summed E-state index contributed by atoms with van der Waals surface area (Å²) < 4.78 is 33.3. The molecule has 1 N–H and O–H groups in total. The lowest BCUT2D eigenvalue weighted by Gasteiger charge is -2.35. The molecule has 1 aromatic carbocycles. The number of benzene rings is 1. The molecule has 1 aliphatic rings. The fraction of sp³-hybridized carbons (Fsp3) is 0.500. The topological polar surface area (TPSA) is 79.7 Å². The van der Waals surface area contributed by atoms with Gasteiger partial charge in [0.05, 0.1) is 10.9 Å². The molecular weight excluding hydrogens is 366 g/mol. The standard InChI is InChI=1S/C18H27N5O3S/c1-21(2)27(24,25)16-6-4-15(5-7-16)26-13-12-23-11-8-19-14-17(23)18-20-9-10-22(18)3/h4-7,9-10,17,19H,8,11-14H2,1-3H3. The predicted molar refractivity (Wildman–Crippen MR) is 103 cm³/mol. The van der Waals surface area contributed by atoms with Gasteiger partial charge in [-0.25, -0.2) is 17.7 Å². The number of nitrogens with one attached hydrogen (secondary N) is 1. The van der Waals surface area contributed by atoms with E-state index < -0.39 is 10.0 Å². The minimum absolute atomic E-state index is 0.218. The average Bonchev–Trinajstić information content (AvgIpc) is 3.08. The lowest BCUT2D eigenvalue weighted by molar-refractivity contribution is 0.127. The maximum atomic E-state index is 12.1. The van der Waals surface area contributed by atoms with E-state index in [1.54, 1.807) is 24.3 Å². The van der Waals surface area contributed by atoms with Crippen molar-refractivity contribution in [2.24, 2.45) is 7.05 Å². The van der Waals surface area contributed by atoms with Crippen LogP contribution >= 0.6 is 0 Å². The van der Waals surface area contributed by atoms with Crippen molar-refractivity contribution in [1.29, 1.82) is 0 Å². The highest BCUT2D eigenvalue weighted by molar-refractivity contribution is 7.89. The van der Waals surface area contributed by atoms with Gasteiger partial charge in [-0.2, -0.15) is 0 Å². The Morgan fingerprint density at radius 2 is 2.04 bits per heavy atom. The van der Waals surface area contributed by atoms with E-state index in [9.17, 15) is 8.42 Å². The molecule has 0 spiro atoms. The summed E-state index contributed by atoms with van der Waals surface area (Å²) in [6, 6.07) is 6.77. The second-order valence-electron chi connectivity index (χ2n) is 6.76. The molecule has 27 heavy (non-hydrogen) atoms. The van der Waals surface area contributed by atoms with Crippen LogP contribution in [-0.2, 0) is 17.1 Å². The van der Waals surface area contributed by atoms with Crippen molar-refractivity contribution < 1.29 is 13.2 Å². The quantitative estimate of drug-likeness (QED) is 0.746. The molecule has 1 aliphatic heterocycles. The number of ether oxygens (including phenoxy) is 1. The fourth-order valence-corrected chi connectivity index (χ4v) is 4.07. The Morgan fingerprint density at radius 1 is 1.30 bits per heavy atom. The molecular formula is C18H27N5O3S. The lowest BCUT2D eigenvalue weighted by atomic mass is 10.2. The summed E-state index contributed by atoms with van der Waals surface area (Å²) in [6.07, 6.45) is 3.78.